The van der Waals surface area contributed by atoms with Crippen molar-refractivity contribution >= 4 is 0 Å². The maximum Gasteiger partial charge on any atom is 0.0177 e. The summed E-state index contributed by atoms with van der Waals surface area (Å²) in [4.78, 5) is 0. The molecule has 0 saturated carbocycles. The van der Waals surface area contributed by atoms with Crippen molar-refractivity contribution in [2.24, 2.45) is 11.5 Å². The minimum Gasteiger partial charge on any atom is -0.403 e. The third-order valence-corrected chi connectivity index (χ3v) is 2.12. The lowest BCUT2D eigenvalue weighted by Gasteiger charge is -1.90. The summed E-state index contributed by atoms with van der Waals surface area (Å²) in [5, 5.41) is 0. The van der Waals surface area contributed by atoms with E-state index in [0.29, 0.717) is 6.54 Å². The molecule has 104 valence electrons. The summed E-state index contributed by atoms with van der Waals surface area (Å²) in [5.74, 6) is 0. The first-order valence-corrected chi connectivity index (χ1v) is 6.75. The summed E-state index contributed by atoms with van der Waals surface area (Å²) < 4.78 is 0. The molecule has 0 aliphatic heterocycles. The van der Waals surface area contributed by atoms with Gasteiger partial charge >= 0.3 is 0 Å². The third kappa shape index (κ3) is 12.8. The Bertz CT molecular complexity index is 303. The van der Waals surface area contributed by atoms with Crippen LogP contribution in [0.1, 0.15) is 47.5 Å². The standard InChI is InChI=1S/C9H13N.C5H11N.C2H6/c1-8-3-2-4-9(7-10)6-5-8;1-3-4-5(2)6;1-2/h2,4-6H,3,7,10H2,1H3;4H,3,6H2,1-2H3;1-2H3/b;5-4-;. The van der Waals surface area contributed by atoms with E-state index in [0.717, 1.165) is 18.5 Å². The summed E-state index contributed by atoms with van der Waals surface area (Å²) in [6, 6.07) is 0. The van der Waals surface area contributed by atoms with Crippen LogP contribution in [-0.2, 0) is 0 Å². The van der Waals surface area contributed by atoms with Crippen LogP contribution in [0.3, 0.4) is 0 Å². The number of hydrogen-bond donors (Lipinski definition) is 2. The van der Waals surface area contributed by atoms with E-state index >= 15 is 0 Å². The van der Waals surface area contributed by atoms with Crippen molar-refractivity contribution in [2.75, 3.05) is 6.54 Å². The quantitative estimate of drug-likeness (QED) is 0.776. The van der Waals surface area contributed by atoms with Crippen LogP contribution in [-0.4, -0.2) is 6.54 Å². The lowest BCUT2D eigenvalue weighted by atomic mass is 10.2. The summed E-state index contributed by atoms with van der Waals surface area (Å²) in [7, 11) is 0. The summed E-state index contributed by atoms with van der Waals surface area (Å²) >= 11 is 0. The molecule has 1 rings (SSSR count). The van der Waals surface area contributed by atoms with Gasteiger partial charge < -0.3 is 11.5 Å². The van der Waals surface area contributed by atoms with Gasteiger partial charge in [0.2, 0.25) is 0 Å². The molecule has 0 unspecified atom stereocenters. The fourth-order valence-electron chi connectivity index (χ4n) is 1.23. The van der Waals surface area contributed by atoms with E-state index < -0.39 is 0 Å². The predicted octanol–water partition coefficient (Wildman–Crippen LogP) is 4.06. The molecule has 1 aliphatic rings. The smallest absolute Gasteiger partial charge is 0.0177 e. The largest absolute Gasteiger partial charge is 0.403 e. The summed E-state index contributed by atoms with van der Waals surface area (Å²) in [6.07, 6.45) is 12.5. The van der Waals surface area contributed by atoms with E-state index in [9.17, 15) is 0 Å². The van der Waals surface area contributed by atoms with E-state index in [2.05, 4.69) is 38.2 Å². The highest BCUT2D eigenvalue weighted by atomic mass is 14.5. The normalized spacial score (nSPS) is 14.2. The molecule has 0 aromatic heterocycles. The second-order valence-electron chi connectivity index (χ2n) is 3.92. The first-order valence-electron chi connectivity index (χ1n) is 6.75. The SMILES string of the molecule is CC.CC/C=C(/C)N.CC1=CC=C(CN)C=CC1. The molecule has 0 atom stereocenters. The Balaban J connectivity index is 0. The molecule has 0 amide bonds. The molecule has 0 spiro atoms. The van der Waals surface area contributed by atoms with Crippen molar-refractivity contribution in [1.82, 2.24) is 0 Å². The van der Waals surface area contributed by atoms with Gasteiger partial charge in [0.15, 0.2) is 0 Å². The molecule has 0 aromatic carbocycles. The van der Waals surface area contributed by atoms with Crippen molar-refractivity contribution in [2.45, 2.75) is 47.5 Å². The Morgan fingerprint density at radius 3 is 2.33 bits per heavy atom. The molecule has 0 fully saturated rings. The molecule has 0 heterocycles. The van der Waals surface area contributed by atoms with Crippen molar-refractivity contribution in [3.8, 4) is 0 Å². The van der Waals surface area contributed by atoms with Gasteiger partial charge in [0.05, 0.1) is 0 Å². The minimum absolute atomic E-state index is 0.639. The van der Waals surface area contributed by atoms with Crippen molar-refractivity contribution in [3.63, 3.8) is 0 Å². The number of hydrogen-bond acceptors (Lipinski definition) is 2. The van der Waals surface area contributed by atoms with Gasteiger partial charge in [0.25, 0.3) is 0 Å². The Labute approximate surface area is 113 Å². The molecule has 0 aromatic rings. The zero-order valence-corrected chi connectivity index (χ0v) is 12.7. The van der Waals surface area contributed by atoms with Crippen LogP contribution in [0.5, 0.6) is 0 Å². The van der Waals surface area contributed by atoms with Crippen molar-refractivity contribution < 1.29 is 0 Å². The van der Waals surface area contributed by atoms with E-state index in [4.69, 9.17) is 11.5 Å². The van der Waals surface area contributed by atoms with Crippen LogP contribution in [0.2, 0.25) is 0 Å². The molecule has 0 saturated heterocycles. The highest BCUT2D eigenvalue weighted by Crippen LogP contribution is 2.08. The fourth-order valence-corrected chi connectivity index (χ4v) is 1.23. The van der Waals surface area contributed by atoms with E-state index in [-0.39, 0.29) is 0 Å². The van der Waals surface area contributed by atoms with Gasteiger partial charge in [-0.05, 0) is 32.3 Å². The van der Waals surface area contributed by atoms with Gasteiger partial charge in [-0.2, -0.15) is 0 Å². The number of rotatable bonds is 2. The molecule has 2 nitrogen and oxygen atoms in total. The van der Waals surface area contributed by atoms with Gasteiger partial charge in [-0.25, -0.2) is 0 Å². The van der Waals surface area contributed by atoms with Crippen LogP contribution < -0.4 is 11.5 Å². The topological polar surface area (TPSA) is 52.0 Å². The van der Waals surface area contributed by atoms with Gasteiger partial charge in [-0.3, -0.25) is 0 Å². The molecule has 1 aliphatic carbocycles. The molecule has 4 N–H and O–H groups in total. The van der Waals surface area contributed by atoms with Gasteiger partial charge in [-0.1, -0.05) is 56.7 Å². The maximum atomic E-state index is 5.47. The Kier molecular flexibility index (Phi) is 14.6. The average Bonchev–Trinajstić information content (AvgIpc) is 2.57. The molecule has 18 heavy (non-hydrogen) atoms. The highest BCUT2D eigenvalue weighted by Gasteiger charge is 1.91. The summed E-state index contributed by atoms with van der Waals surface area (Å²) in [5.41, 5.74) is 14.2. The lowest BCUT2D eigenvalue weighted by molar-refractivity contribution is 1.16. The first kappa shape index (κ1) is 19.1. The van der Waals surface area contributed by atoms with E-state index in [1.807, 2.05) is 26.8 Å². The number of nitrogens with two attached hydrogens (primary N) is 2. The van der Waals surface area contributed by atoms with Gasteiger partial charge in [0, 0.05) is 12.2 Å². The highest BCUT2D eigenvalue weighted by molar-refractivity contribution is 5.30. The van der Waals surface area contributed by atoms with E-state index in [1.165, 1.54) is 11.1 Å². The monoisotopic (exact) mass is 250 g/mol. The van der Waals surface area contributed by atoms with Crippen LogP contribution >= 0.6 is 0 Å². The minimum atomic E-state index is 0.639. The third-order valence-electron chi connectivity index (χ3n) is 2.12. The molecular formula is C16H30N2. The second-order valence-corrected chi connectivity index (χ2v) is 3.92. The number of allylic oxidation sites excluding steroid dienone is 6. The Hall–Kier alpha value is -1.28. The van der Waals surface area contributed by atoms with Gasteiger partial charge in [0.1, 0.15) is 0 Å². The zero-order valence-electron chi connectivity index (χ0n) is 12.7. The zero-order chi connectivity index (χ0) is 14.4. The predicted molar refractivity (Wildman–Crippen MR) is 84.2 cm³/mol. The van der Waals surface area contributed by atoms with Crippen LogP contribution in [0.4, 0.5) is 0 Å². The Morgan fingerprint density at radius 1 is 1.33 bits per heavy atom. The van der Waals surface area contributed by atoms with Crippen LogP contribution in [0.15, 0.2) is 47.2 Å². The lowest BCUT2D eigenvalue weighted by Crippen LogP contribution is -1.99. The molecule has 2 heteroatoms. The van der Waals surface area contributed by atoms with Crippen molar-refractivity contribution in [3.05, 3.63) is 47.2 Å². The average molecular weight is 250 g/mol. The van der Waals surface area contributed by atoms with Crippen LogP contribution in [0, 0.1) is 0 Å². The molecule has 0 radical (unpaired) electrons. The molecular weight excluding hydrogens is 220 g/mol. The fraction of sp³-hybridized carbons (Fsp3) is 0.500. The second kappa shape index (κ2) is 13.8. The van der Waals surface area contributed by atoms with Crippen molar-refractivity contribution in [1.29, 1.82) is 0 Å². The molecule has 0 bridgehead atoms. The first-order chi connectivity index (χ1) is 8.60. The van der Waals surface area contributed by atoms with E-state index in [1.54, 1.807) is 0 Å². The summed E-state index contributed by atoms with van der Waals surface area (Å²) in [6.45, 7) is 10.7. The van der Waals surface area contributed by atoms with Gasteiger partial charge in [-0.15, -0.1) is 0 Å². The maximum absolute atomic E-state index is 5.47. The Morgan fingerprint density at radius 2 is 1.94 bits per heavy atom. The van der Waals surface area contributed by atoms with Crippen LogP contribution in [0.25, 0.3) is 0 Å².